The molecule has 0 amide bonds. The zero-order valence-electron chi connectivity index (χ0n) is 16.9. The predicted molar refractivity (Wildman–Crippen MR) is 108 cm³/mol. The molecule has 1 nitrogen and oxygen atoms in total. The summed E-state index contributed by atoms with van der Waals surface area (Å²) in [4.78, 5) is 0. The highest BCUT2D eigenvalue weighted by Crippen LogP contribution is 2.47. The molecular weight excluding hydrogens is 296 g/mol. The number of unbranched alkanes of at least 4 members (excludes halogenated alkanes) is 5. The van der Waals surface area contributed by atoms with Crippen molar-refractivity contribution < 1.29 is 5.11 Å². The van der Waals surface area contributed by atoms with Crippen LogP contribution in [0.25, 0.3) is 0 Å². The van der Waals surface area contributed by atoms with Gasteiger partial charge in [-0.15, -0.1) is 5.73 Å². The SMILES string of the molecule is C=C=C(C(O)CCCCCCCC)[Si](C(C)C)(C(C)C)C(C)C. The molecule has 0 saturated heterocycles. The van der Waals surface area contributed by atoms with E-state index in [-0.39, 0.29) is 6.10 Å². The maximum absolute atomic E-state index is 10.9. The zero-order valence-corrected chi connectivity index (χ0v) is 17.9. The van der Waals surface area contributed by atoms with Gasteiger partial charge in [-0.3, -0.25) is 0 Å². The minimum Gasteiger partial charge on any atom is -0.389 e. The van der Waals surface area contributed by atoms with Crippen LogP contribution < -0.4 is 0 Å². The molecule has 0 radical (unpaired) electrons. The molecule has 0 aliphatic rings. The third kappa shape index (κ3) is 5.92. The first kappa shape index (κ1) is 22.7. The number of hydrogen-bond donors (Lipinski definition) is 1. The highest BCUT2D eigenvalue weighted by Gasteiger charge is 2.47. The first-order valence-corrected chi connectivity index (χ1v) is 12.1. The summed E-state index contributed by atoms with van der Waals surface area (Å²) < 4.78 is 0. The number of aliphatic hydroxyl groups excluding tert-OH is 1. The Kier molecular flexibility index (Phi) is 11.1. The fourth-order valence-electron chi connectivity index (χ4n) is 4.75. The molecule has 0 rings (SSSR count). The average Bonchev–Trinajstić information content (AvgIpc) is 2.46. The number of rotatable bonds is 12. The Morgan fingerprint density at radius 2 is 1.30 bits per heavy atom. The van der Waals surface area contributed by atoms with Crippen LogP contribution in [0.5, 0.6) is 0 Å². The van der Waals surface area contributed by atoms with Gasteiger partial charge in [0.15, 0.2) is 0 Å². The minimum atomic E-state index is -1.81. The van der Waals surface area contributed by atoms with Gasteiger partial charge in [-0.1, -0.05) is 93.6 Å². The number of hydrogen-bond acceptors (Lipinski definition) is 1. The molecule has 0 aliphatic heterocycles. The summed E-state index contributed by atoms with van der Waals surface area (Å²) in [6.45, 7) is 20.2. The molecule has 0 aromatic heterocycles. The molecule has 0 heterocycles. The van der Waals surface area contributed by atoms with E-state index < -0.39 is 8.07 Å². The van der Waals surface area contributed by atoms with Gasteiger partial charge in [0.05, 0.1) is 6.10 Å². The van der Waals surface area contributed by atoms with Crippen molar-refractivity contribution in [3.05, 3.63) is 17.5 Å². The fraction of sp³-hybridized carbons (Fsp3) is 0.857. The largest absolute Gasteiger partial charge is 0.389 e. The van der Waals surface area contributed by atoms with E-state index in [2.05, 4.69) is 60.8 Å². The van der Waals surface area contributed by atoms with Crippen molar-refractivity contribution in [3.8, 4) is 0 Å². The van der Waals surface area contributed by atoms with Crippen molar-refractivity contribution in [3.63, 3.8) is 0 Å². The van der Waals surface area contributed by atoms with Crippen LogP contribution in [0.3, 0.4) is 0 Å². The second kappa shape index (κ2) is 11.3. The Hall–Kier alpha value is -0.303. The maximum Gasteiger partial charge on any atom is 0.102 e. The highest BCUT2D eigenvalue weighted by atomic mass is 28.3. The molecule has 0 spiro atoms. The Labute approximate surface area is 147 Å². The van der Waals surface area contributed by atoms with E-state index in [1.54, 1.807) is 0 Å². The Morgan fingerprint density at radius 1 is 0.870 bits per heavy atom. The van der Waals surface area contributed by atoms with E-state index in [0.717, 1.165) is 12.8 Å². The summed E-state index contributed by atoms with van der Waals surface area (Å²) in [7, 11) is -1.81. The lowest BCUT2D eigenvalue weighted by Gasteiger charge is -2.45. The van der Waals surface area contributed by atoms with E-state index in [4.69, 9.17) is 0 Å². The van der Waals surface area contributed by atoms with E-state index >= 15 is 0 Å². The van der Waals surface area contributed by atoms with Gasteiger partial charge in [-0.2, -0.15) is 0 Å². The topological polar surface area (TPSA) is 20.2 Å². The molecule has 0 aromatic rings. The summed E-state index contributed by atoms with van der Waals surface area (Å²) in [5.74, 6) is 0. The van der Waals surface area contributed by atoms with Crippen molar-refractivity contribution >= 4 is 8.07 Å². The van der Waals surface area contributed by atoms with E-state index in [0.29, 0.717) is 16.6 Å². The summed E-state index contributed by atoms with van der Waals surface area (Å²) >= 11 is 0. The summed E-state index contributed by atoms with van der Waals surface area (Å²) in [6.07, 6.45) is 8.16. The van der Waals surface area contributed by atoms with Crippen LogP contribution in [0.2, 0.25) is 16.6 Å². The van der Waals surface area contributed by atoms with E-state index in [1.165, 1.54) is 37.3 Å². The Bertz CT molecular complexity index is 342. The summed E-state index contributed by atoms with van der Waals surface area (Å²) in [5.41, 5.74) is 5.03. The molecule has 136 valence electrons. The van der Waals surface area contributed by atoms with Crippen molar-refractivity contribution in [2.24, 2.45) is 0 Å². The van der Waals surface area contributed by atoms with Crippen LogP contribution in [-0.4, -0.2) is 19.3 Å². The normalized spacial score (nSPS) is 13.7. The van der Waals surface area contributed by atoms with Crippen LogP contribution in [0.1, 0.15) is 93.4 Å². The molecule has 1 N–H and O–H groups in total. The molecule has 23 heavy (non-hydrogen) atoms. The van der Waals surface area contributed by atoms with Crippen molar-refractivity contribution in [1.82, 2.24) is 0 Å². The molecule has 1 unspecified atom stereocenters. The first-order valence-electron chi connectivity index (χ1n) is 9.85. The van der Waals surface area contributed by atoms with Gasteiger partial charge < -0.3 is 5.11 Å². The van der Waals surface area contributed by atoms with Crippen molar-refractivity contribution in [1.29, 1.82) is 0 Å². The minimum absolute atomic E-state index is 0.336. The van der Waals surface area contributed by atoms with Gasteiger partial charge >= 0.3 is 0 Å². The van der Waals surface area contributed by atoms with Gasteiger partial charge in [0.25, 0.3) is 0 Å². The average molecular weight is 339 g/mol. The second-order valence-corrected chi connectivity index (χ2v) is 13.9. The lowest BCUT2D eigenvalue weighted by molar-refractivity contribution is 0.201. The van der Waals surface area contributed by atoms with Gasteiger partial charge in [0, 0.05) is 0 Å². The smallest absolute Gasteiger partial charge is 0.102 e. The number of aliphatic hydroxyl groups is 1. The standard InChI is InChI=1S/C21H42OSi/c1-9-11-12-13-14-15-16-20(22)21(10-2)23(17(3)4,18(5)6)19(7)8/h17-20,22H,2,9,11-16H2,1,3-8H3. The lowest BCUT2D eigenvalue weighted by atomic mass is 10.1. The summed E-state index contributed by atoms with van der Waals surface area (Å²) in [5, 5.41) is 12.1. The molecule has 2 heteroatoms. The van der Waals surface area contributed by atoms with Crippen LogP contribution in [0.4, 0.5) is 0 Å². The molecule has 0 fully saturated rings. The van der Waals surface area contributed by atoms with Gasteiger partial charge in [-0.05, 0) is 28.2 Å². The maximum atomic E-state index is 10.9. The molecule has 0 saturated carbocycles. The molecule has 0 bridgehead atoms. The van der Waals surface area contributed by atoms with Gasteiger partial charge in [0.2, 0.25) is 0 Å². The van der Waals surface area contributed by atoms with Crippen molar-refractivity contribution in [2.75, 3.05) is 0 Å². The summed E-state index contributed by atoms with van der Waals surface area (Å²) in [6, 6.07) is 0. The zero-order chi connectivity index (χ0) is 18.0. The van der Waals surface area contributed by atoms with E-state index in [9.17, 15) is 5.11 Å². The third-order valence-electron chi connectivity index (χ3n) is 5.69. The van der Waals surface area contributed by atoms with Gasteiger partial charge in [0.1, 0.15) is 8.07 Å². The van der Waals surface area contributed by atoms with Crippen LogP contribution >= 0.6 is 0 Å². The van der Waals surface area contributed by atoms with Crippen LogP contribution in [-0.2, 0) is 0 Å². The Balaban J connectivity index is 4.98. The second-order valence-electron chi connectivity index (χ2n) is 8.06. The van der Waals surface area contributed by atoms with Crippen LogP contribution in [0.15, 0.2) is 17.5 Å². The monoisotopic (exact) mass is 338 g/mol. The quantitative estimate of drug-likeness (QED) is 0.230. The molecule has 0 aromatic carbocycles. The first-order chi connectivity index (χ1) is 10.8. The molecule has 1 atom stereocenters. The third-order valence-corrected chi connectivity index (χ3v) is 12.9. The van der Waals surface area contributed by atoms with E-state index in [1.807, 2.05) is 0 Å². The lowest BCUT2D eigenvalue weighted by Crippen LogP contribution is -2.49. The highest BCUT2D eigenvalue weighted by molar-refractivity contribution is 6.90. The fourth-order valence-corrected chi connectivity index (χ4v) is 11.6. The van der Waals surface area contributed by atoms with Crippen molar-refractivity contribution in [2.45, 2.75) is 116 Å². The van der Waals surface area contributed by atoms with Crippen LogP contribution in [0, 0.1) is 0 Å². The predicted octanol–water partition coefficient (Wildman–Crippen LogP) is 7.03. The Morgan fingerprint density at radius 3 is 1.70 bits per heavy atom. The van der Waals surface area contributed by atoms with Gasteiger partial charge in [-0.25, -0.2) is 0 Å². The molecule has 0 aliphatic carbocycles. The molecular formula is C21H42OSi.